The number of likely N-dealkylation sites (tertiary alicyclic amines) is 1. The van der Waals surface area contributed by atoms with E-state index < -0.39 is 6.10 Å². The lowest BCUT2D eigenvalue weighted by atomic mass is 9.91. The molecule has 0 bridgehead atoms. The second-order valence-electron chi connectivity index (χ2n) is 5.89. The van der Waals surface area contributed by atoms with E-state index in [4.69, 9.17) is 10.6 Å². The Kier molecular flexibility index (Phi) is 3.91. The quantitative estimate of drug-likeness (QED) is 0.341. The van der Waals surface area contributed by atoms with Gasteiger partial charge in [0.05, 0.1) is 12.0 Å². The van der Waals surface area contributed by atoms with Crippen LogP contribution < -0.4 is 16.6 Å². The molecule has 0 aliphatic carbocycles. The molecule has 3 fully saturated rings. The highest BCUT2D eigenvalue weighted by atomic mass is 16.5. The van der Waals surface area contributed by atoms with Gasteiger partial charge in [0, 0.05) is 19.1 Å². The molecule has 0 saturated carbocycles. The van der Waals surface area contributed by atoms with E-state index in [1.54, 1.807) is 0 Å². The predicted octanol–water partition coefficient (Wildman–Crippen LogP) is -1.27. The van der Waals surface area contributed by atoms with Crippen molar-refractivity contribution in [1.29, 1.82) is 0 Å². The zero-order valence-corrected chi connectivity index (χ0v) is 11.5. The molecule has 0 aromatic carbocycles. The Morgan fingerprint density at radius 3 is 3.10 bits per heavy atom. The maximum Gasteiger partial charge on any atom is 0.263 e. The number of nitrogens with two attached hydrogens (primary N) is 1. The van der Waals surface area contributed by atoms with Crippen LogP contribution in [0.4, 0.5) is 0 Å². The largest absolute Gasteiger partial charge is 0.364 e. The minimum Gasteiger partial charge on any atom is -0.364 e. The number of hydrazine groups is 1. The molecule has 20 heavy (non-hydrogen) atoms. The number of rotatable bonds is 3. The topological polar surface area (TPSA) is 96.7 Å². The molecule has 7 heteroatoms. The van der Waals surface area contributed by atoms with Gasteiger partial charge in [0.1, 0.15) is 6.10 Å². The zero-order valence-electron chi connectivity index (χ0n) is 11.5. The van der Waals surface area contributed by atoms with Gasteiger partial charge in [-0.05, 0) is 32.2 Å². The van der Waals surface area contributed by atoms with Crippen molar-refractivity contribution in [1.82, 2.24) is 15.6 Å². The molecule has 0 spiro atoms. The van der Waals surface area contributed by atoms with Gasteiger partial charge in [0.25, 0.3) is 5.91 Å². The minimum absolute atomic E-state index is 0.0618. The third-order valence-corrected chi connectivity index (χ3v) is 4.70. The number of piperidine rings is 1. The summed E-state index contributed by atoms with van der Waals surface area (Å²) >= 11 is 0. The standard InChI is InChI=1S/C13H22N4O3/c14-16-13(19)11-4-3-8(20-11)7-17-5-1-2-9-10(17)6-15-12(9)18/h8-11H,1-7,14H2,(H,15,18)(H,16,19). The first-order valence-electron chi connectivity index (χ1n) is 7.36. The number of ether oxygens (including phenoxy) is 1. The van der Waals surface area contributed by atoms with Crippen molar-refractivity contribution in [3.8, 4) is 0 Å². The Morgan fingerprint density at radius 1 is 1.45 bits per heavy atom. The monoisotopic (exact) mass is 282 g/mol. The summed E-state index contributed by atoms with van der Waals surface area (Å²) in [6.07, 6.45) is 3.26. The maximum atomic E-state index is 11.7. The fourth-order valence-electron chi connectivity index (χ4n) is 3.65. The Balaban J connectivity index is 1.56. The minimum atomic E-state index is -0.422. The molecule has 7 nitrogen and oxygen atoms in total. The van der Waals surface area contributed by atoms with Crippen molar-refractivity contribution < 1.29 is 14.3 Å². The highest BCUT2D eigenvalue weighted by molar-refractivity contribution is 5.82. The molecule has 3 aliphatic heterocycles. The fourth-order valence-corrected chi connectivity index (χ4v) is 3.65. The average molecular weight is 282 g/mol. The first kappa shape index (κ1) is 13.8. The van der Waals surface area contributed by atoms with Crippen LogP contribution in [0.25, 0.3) is 0 Å². The summed E-state index contributed by atoms with van der Waals surface area (Å²) in [6.45, 7) is 2.54. The Labute approximate surface area is 118 Å². The number of carbonyl (C=O) groups is 2. The van der Waals surface area contributed by atoms with Gasteiger partial charge in [-0.15, -0.1) is 0 Å². The van der Waals surface area contributed by atoms with Gasteiger partial charge < -0.3 is 10.1 Å². The molecule has 112 valence electrons. The molecular formula is C13H22N4O3. The highest BCUT2D eigenvalue weighted by Gasteiger charge is 2.42. The first-order chi connectivity index (χ1) is 9.69. The molecule has 4 atom stereocenters. The third kappa shape index (κ3) is 2.53. The number of fused-ring (bicyclic) bond motifs is 1. The van der Waals surface area contributed by atoms with Crippen LogP contribution >= 0.6 is 0 Å². The molecule has 3 saturated heterocycles. The number of amides is 2. The van der Waals surface area contributed by atoms with Gasteiger partial charge in [-0.2, -0.15) is 0 Å². The van der Waals surface area contributed by atoms with Crippen molar-refractivity contribution in [3.63, 3.8) is 0 Å². The van der Waals surface area contributed by atoms with Gasteiger partial charge in [0.15, 0.2) is 0 Å². The summed E-state index contributed by atoms with van der Waals surface area (Å²) in [7, 11) is 0. The van der Waals surface area contributed by atoms with Crippen LogP contribution in [0.3, 0.4) is 0 Å². The third-order valence-electron chi connectivity index (χ3n) is 4.70. The van der Waals surface area contributed by atoms with Crippen LogP contribution in [0.1, 0.15) is 25.7 Å². The van der Waals surface area contributed by atoms with E-state index >= 15 is 0 Å². The fraction of sp³-hybridized carbons (Fsp3) is 0.846. The van der Waals surface area contributed by atoms with Crippen LogP contribution in [0, 0.1) is 5.92 Å². The summed E-state index contributed by atoms with van der Waals surface area (Å²) in [5.41, 5.74) is 2.14. The van der Waals surface area contributed by atoms with E-state index in [9.17, 15) is 9.59 Å². The molecule has 3 heterocycles. The first-order valence-corrected chi connectivity index (χ1v) is 7.36. The van der Waals surface area contributed by atoms with E-state index in [0.717, 1.165) is 38.9 Å². The van der Waals surface area contributed by atoms with E-state index in [1.807, 2.05) is 0 Å². The highest BCUT2D eigenvalue weighted by Crippen LogP contribution is 2.29. The number of hydrogen-bond acceptors (Lipinski definition) is 5. The lowest BCUT2D eigenvalue weighted by Crippen LogP contribution is -2.48. The molecule has 4 N–H and O–H groups in total. The summed E-state index contributed by atoms with van der Waals surface area (Å²) < 4.78 is 5.75. The molecule has 0 aromatic rings. The smallest absolute Gasteiger partial charge is 0.263 e. The summed E-state index contributed by atoms with van der Waals surface area (Å²) in [5, 5.41) is 2.95. The van der Waals surface area contributed by atoms with E-state index in [2.05, 4.69) is 15.6 Å². The van der Waals surface area contributed by atoms with Crippen molar-refractivity contribution in [2.24, 2.45) is 11.8 Å². The summed E-state index contributed by atoms with van der Waals surface area (Å²) in [6, 6.07) is 0.294. The average Bonchev–Trinajstić information content (AvgIpc) is 3.07. The van der Waals surface area contributed by atoms with Gasteiger partial charge >= 0.3 is 0 Å². The Hall–Kier alpha value is -1.18. The molecular weight excluding hydrogens is 260 g/mol. The maximum absolute atomic E-state index is 11.7. The molecule has 3 aliphatic rings. The zero-order chi connectivity index (χ0) is 14.1. The summed E-state index contributed by atoms with van der Waals surface area (Å²) in [5.74, 6) is 5.20. The van der Waals surface area contributed by atoms with E-state index in [1.165, 1.54) is 0 Å². The van der Waals surface area contributed by atoms with Crippen LogP contribution in [0.5, 0.6) is 0 Å². The van der Waals surface area contributed by atoms with Crippen LogP contribution in [0.2, 0.25) is 0 Å². The van der Waals surface area contributed by atoms with E-state index in [-0.39, 0.29) is 23.8 Å². The second kappa shape index (κ2) is 5.67. The summed E-state index contributed by atoms with van der Waals surface area (Å²) in [4.78, 5) is 25.5. The van der Waals surface area contributed by atoms with Crippen molar-refractivity contribution in [2.75, 3.05) is 19.6 Å². The molecule has 2 amide bonds. The number of hydrogen-bond donors (Lipinski definition) is 3. The molecule has 3 rings (SSSR count). The van der Waals surface area contributed by atoms with Gasteiger partial charge in [-0.25, -0.2) is 5.84 Å². The normalized spacial score (nSPS) is 37.5. The van der Waals surface area contributed by atoms with Crippen molar-refractivity contribution >= 4 is 11.8 Å². The van der Waals surface area contributed by atoms with Crippen molar-refractivity contribution in [3.05, 3.63) is 0 Å². The van der Waals surface area contributed by atoms with Gasteiger partial charge in [-0.1, -0.05) is 0 Å². The lowest BCUT2D eigenvalue weighted by molar-refractivity contribution is -0.132. The number of carbonyl (C=O) groups excluding carboxylic acids is 2. The SMILES string of the molecule is NNC(=O)C1CCC(CN2CCCC3C(=O)NCC32)O1. The second-order valence-corrected chi connectivity index (χ2v) is 5.89. The Bertz CT molecular complexity index is 403. The van der Waals surface area contributed by atoms with Crippen LogP contribution in [-0.2, 0) is 14.3 Å². The number of nitrogens with zero attached hydrogens (tertiary/aromatic N) is 1. The molecule has 0 radical (unpaired) electrons. The van der Waals surface area contributed by atoms with Gasteiger partial charge in [0.2, 0.25) is 5.91 Å². The lowest BCUT2D eigenvalue weighted by Gasteiger charge is -2.37. The predicted molar refractivity (Wildman–Crippen MR) is 71.3 cm³/mol. The van der Waals surface area contributed by atoms with Crippen molar-refractivity contribution in [2.45, 2.75) is 43.9 Å². The van der Waals surface area contributed by atoms with Crippen LogP contribution in [0.15, 0.2) is 0 Å². The van der Waals surface area contributed by atoms with E-state index in [0.29, 0.717) is 12.5 Å². The molecule has 4 unspecified atom stereocenters. The van der Waals surface area contributed by atoms with Crippen LogP contribution in [-0.4, -0.2) is 54.6 Å². The number of nitrogens with one attached hydrogen (secondary N) is 2. The Morgan fingerprint density at radius 2 is 2.30 bits per heavy atom. The van der Waals surface area contributed by atoms with Gasteiger partial charge in [-0.3, -0.25) is 19.9 Å². The molecule has 0 aromatic heterocycles.